The highest BCUT2D eigenvalue weighted by molar-refractivity contribution is 5.97. The van der Waals surface area contributed by atoms with Crippen molar-refractivity contribution in [3.8, 4) is 5.75 Å². The zero-order chi connectivity index (χ0) is 14.7. The van der Waals surface area contributed by atoms with Crippen LogP contribution in [0.1, 0.15) is 22.3 Å². The number of nitrogens with zero attached hydrogens (tertiary/aromatic N) is 1. The maximum Gasteiger partial charge on any atom is 0.407 e. The fourth-order valence-electron chi connectivity index (χ4n) is 2.29. The molecule has 1 aliphatic rings. The van der Waals surface area contributed by atoms with E-state index in [2.05, 4.69) is 10.1 Å². The first kappa shape index (κ1) is 14.2. The summed E-state index contributed by atoms with van der Waals surface area (Å²) in [6.45, 7) is 2.71. The average Bonchev–Trinajstić information content (AvgIpc) is 2.89. The molecule has 2 amide bonds. The molecule has 1 aromatic rings. The van der Waals surface area contributed by atoms with E-state index in [-0.39, 0.29) is 17.7 Å². The summed E-state index contributed by atoms with van der Waals surface area (Å²) in [6.07, 6.45) is 0.177. The van der Waals surface area contributed by atoms with Crippen LogP contribution in [0.25, 0.3) is 0 Å². The topological polar surface area (TPSA) is 78.9 Å². The van der Waals surface area contributed by atoms with Crippen molar-refractivity contribution in [2.75, 3.05) is 20.2 Å². The number of phenols is 1. The zero-order valence-corrected chi connectivity index (χ0v) is 11.5. The largest absolute Gasteiger partial charge is 0.507 e. The van der Waals surface area contributed by atoms with Crippen molar-refractivity contribution in [2.24, 2.45) is 0 Å². The number of benzene rings is 1. The molecule has 108 valence electrons. The molecule has 6 heteroatoms. The first-order valence-corrected chi connectivity index (χ1v) is 6.45. The summed E-state index contributed by atoms with van der Waals surface area (Å²) in [5, 5.41) is 12.6. The molecular formula is C14H18N2O4. The number of aryl methyl sites for hydroxylation is 1. The molecule has 2 N–H and O–H groups in total. The van der Waals surface area contributed by atoms with Gasteiger partial charge in [0, 0.05) is 13.1 Å². The third-order valence-corrected chi connectivity index (χ3v) is 3.45. The van der Waals surface area contributed by atoms with Crippen molar-refractivity contribution in [1.29, 1.82) is 0 Å². The van der Waals surface area contributed by atoms with Gasteiger partial charge >= 0.3 is 6.09 Å². The third-order valence-electron chi connectivity index (χ3n) is 3.45. The Bertz CT molecular complexity index is 530. The SMILES string of the molecule is COC(=O)NC1CCN(C(=O)c2cccc(C)c2O)C1. The Balaban J connectivity index is 2.04. The molecule has 0 aliphatic carbocycles. The minimum Gasteiger partial charge on any atom is -0.507 e. The fourth-order valence-corrected chi connectivity index (χ4v) is 2.29. The molecule has 2 rings (SSSR count). The van der Waals surface area contributed by atoms with Gasteiger partial charge in [-0.1, -0.05) is 12.1 Å². The van der Waals surface area contributed by atoms with Gasteiger partial charge in [-0.05, 0) is 25.0 Å². The zero-order valence-electron chi connectivity index (χ0n) is 11.5. The van der Waals surface area contributed by atoms with Crippen LogP contribution < -0.4 is 5.32 Å². The molecule has 1 saturated heterocycles. The lowest BCUT2D eigenvalue weighted by molar-refractivity contribution is 0.0785. The number of methoxy groups -OCH3 is 1. The van der Waals surface area contributed by atoms with E-state index < -0.39 is 6.09 Å². The van der Waals surface area contributed by atoms with Gasteiger partial charge in [-0.3, -0.25) is 4.79 Å². The summed E-state index contributed by atoms with van der Waals surface area (Å²) < 4.78 is 4.53. The second kappa shape index (κ2) is 5.81. The molecule has 1 atom stereocenters. The van der Waals surface area contributed by atoms with Gasteiger partial charge in [-0.2, -0.15) is 0 Å². The Morgan fingerprint density at radius 1 is 1.45 bits per heavy atom. The molecule has 0 saturated carbocycles. The number of rotatable bonds is 2. The van der Waals surface area contributed by atoms with Crippen LogP contribution in [0.15, 0.2) is 18.2 Å². The lowest BCUT2D eigenvalue weighted by Gasteiger charge is -2.18. The summed E-state index contributed by atoms with van der Waals surface area (Å²) in [4.78, 5) is 25.1. The molecule has 1 aromatic carbocycles. The number of carbonyl (C=O) groups excluding carboxylic acids is 2. The normalized spacial score (nSPS) is 17.9. The van der Waals surface area contributed by atoms with Crippen LogP contribution in [0, 0.1) is 6.92 Å². The van der Waals surface area contributed by atoms with Gasteiger partial charge in [0.05, 0.1) is 18.7 Å². The van der Waals surface area contributed by atoms with Crippen LogP contribution in [0.4, 0.5) is 4.79 Å². The van der Waals surface area contributed by atoms with Crippen LogP contribution in [-0.4, -0.2) is 48.2 Å². The molecule has 1 aliphatic heterocycles. The number of nitrogens with one attached hydrogen (secondary N) is 1. The molecule has 20 heavy (non-hydrogen) atoms. The Hall–Kier alpha value is -2.24. The van der Waals surface area contributed by atoms with Gasteiger partial charge in [0.15, 0.2) is 0 Å². The number of para-hydroxylation sites is 1. The molecule has 1 fully saturated rings. The molecule has 0 bridgehead atoms. The lowest BCUT2D eigenvalue weighted by Crippen LogP contribution is -2.38. The van der Waals surface area contributed by atoms with Crippen molar-refractivity contribution >= 4 is 12.0 Å². The Kier molecular flexibility index (Phi) is 4.12. The second-order valence-electron chi connectivity index (χ2n) is 4.84. The van der Waals surface area contributed by atoms with E-state index in [1.165, 1.54) is 7.11 Å². The molecule has 0 aromatic heterocycles. The first-order chi connectivity index (χ1) is 9.52. The lowest BCUT2D eigenvalue weighted by atomic mass is 10.1. The van der Waals surface area contributed by atoms with Crippen molar-refractivity contribution in [2.45, 2.75) is 19.4 Å². The highest BCUT2D eigenvalue weighted by Crippen LogP contribution is 2.24. The predicted octanol–water partition coefficient (Wildman–Crippen LogP) is 1.27. The number of hydrogen-bond donors (Lipinski definition) is 2. The van der Waals surface area contributed by atoms with Crippen molar-refractivity contribution in [3.05, 3.63) is 29.3 Å². The number of likely N-dealkylation sites (tertiary alicyclic amines) is 1. The molecule has 0 spiro atoms. The fraction of sp³-hybridized carbons (Fsp3) is 0.429. The minimum absolute atomic E-state index is 0.0156. The van der Waals surface area contributed by atoms with Gasteiger partial charge in [-0.15, -0.1) is 0 Å². The minimum atomic E-state index is -0.497. The highest BCUT2D eigenvalue weighted by atomic mass is 16.5. The first-order valence-electron chi connectivity index (χ1n) is 6.45. The van der Waals surface area contributed by atoms with Crippen molar-refractivity contribution in [1.82, 2.24) is 10.2 Å². The van der Waals surface area contributed by atoms with Crippen LogP contribution in [0.5, 0.6) is 5.75 Å². The van der Waals surface area contributed by atoms with E-state index in [1.54, 1.807) is 30.0 Å². The monoisotopic (exact) mass is 278 g/mol. The maximum atomic E-state index is 12.3. The summed E-state index contributed by atoms with van der Waals surface area (Å²) in [7, 11) is 1.30. The summed E-state index contributed by atoms with van der Waals surface area (Å²) >= 11 is 0. The van der Waals surface area contributed by atoms with Crippen LogP contribution in [0.3, 0.4) is 0 Å². The van der Waals surface area contributed by atoms with Gasteiger partial charge in [0.1, 0.15) is 5.75 Å². The van der Waals surface area contributed by atoms with E-state index in [1.807, 2.05) is 0 Å². The van der Waals surface area contributed by atoms with E-state index in [9.17, 15) is 14.7 Å². The Morgan fingerprint density at radius 3 is 2.90 bits per heavy atom. The smallest absolute Gasteiger partial charge is 0.407 e. The number of alkyl carbamates (subject to hydrolysis) is 1. The number of aromatic hydroxyl groups is 1. The van der Waals surface area contributed by atoms with Crippen molar-refractivity contribution in [3.63, 3.8) is 0 Å². The van der Waals surface area contributed by atoms with E-state index >= 15 is 0 Å². The Morgan fingerprint density at radius 2 is 2.20 bits per heavy atom. The molecular weight excluding hydrogens is 260 g/mol. The number of amides is 2. The van der Waals surface area contributed by atoms with E-state index in [0.29, 0.717) is 30.6 Å². The maximum absolute atomic E-state index is 12.3. The number of ether oxygens (including phenoxy) is 1. The summed E-state index contributed by atoms with van der Waals surface area (Å²) in [5.41, 5.74) is 0.961. The second-order valence-corrected chi connectivity index (χ2v) is 4.84. The van der Waals surface area contributed by atoms with Gasteiger partial charge in [0.2, 0.25) is 0 Å². The van der Waals surface area contributed by atoms with Crippen LogP contribution in [0.2, 0.25) is 0 Å². The quantitative estimate of drug-likeness (QED) is 0.854. The van der Waals surface area contributed by atoms with Crippen molar-refractivity contribution < 1.29 is 19.4 Å². The van der Waals surface area contributed by atoms with E-state index in [4.69, 9.17) is 0 Å². The van der Waals surface area contributed by atoms with Gasteiger partial charge < -0.3 is 20.1 Å². The Labute approximate surface area is 117 Å². The third kappa shape index (κ3) is 2.84. The average molecular weight is 278 g/mol. The number of phenolic OH excluding ortho intramolecular Hbond substituents is 1. The standard InChI is InChI=1S/C14H18N2O4/c1-9-4-3-5-11(12(9)17)13(18)16-7-6-10(8-16)15-14(19)20-2/h3-5,10,17H,6-8H2,1-2H3,(H,15,19). The molecule has 6 nitrogen and oxygen atoms in total. The highest BCUT2D eigenvalue weighted by Gasteiger charge is 2.29. The summed E-state index contributed by atoms with van der Waals surface area (Å²) in [5.74, 6) is -0.206. The predicted molar refractivity (Wildman–Crippen MR) is 72.7 cm³/mol. The van der Waals surface area contributed by atoms with E-state index in [0.717, 1.165) is 0 Å². The molecule has 1 unspecified atom stereocenters. The molecule has 0 radical (unpaired) electrons. The molecule has 1 heterocycles. The number of hydrogen-bond acceptors (Lipinski definition) is 4. The number of carbonyl (C=O) groups is 2. The van der Waals surface area contributed by atoms with Crippen LogP contribution in [-0.2, 0) is 4.74 Å². The van der Waals surface area contributed by atoms with Crippen LogP contribution >= 0.6 is 0 Å². The summed E-state index contributed by atoms with van der Waals surface area (Å²) in [6, 6.07) is 4.98. The van der Waals surface area contributed by atoms with Gasteiger partial charge in [-0.25, -0.2) is 4.79 Å². The van der Waals surface area contributed by atoms with Gasteiger partial charge in [0.25, 0.3) is 5.91 Å².